The van der Waals surface area contributed by atoms with Gasteiger partial charge in [0.2, 0.25) is 0 Å². The van der Waals surface area contributed by atoms with Crippen molar-refractivity contribution in [1.29, 1.82) is 0 Å². The third-order valence-corrected chi connectivity index (χ3v) is 5.16. The molecule has 154 valence electrons. The maximum absolute atomic E-state index is 15.0. The van der Waals surface area contributed by atoms with Crippen LogP contribution in [0.15, 0.2) is 5.11 Å². The Balaban J connectivity index is 1.93. The van der Waals surface area contributed by atoms with Gasteiger partial charge in [0.15, 0.2) is 0 Å². The van der Waals surface area contributed by atoms with E-state index in [0.29, 0.717) is 17.7 Å². The fraction of sp³-hybridized carbons (Fsp3) is 0.778. The van der Waals surface area contributed by atoms with E-state index in [1.807, 2.05) is 6.92 Å². The summed E-state index contributed by atoms with van der Waals surface area (Å²) in [7, 11) is 0. The number of alkyl halides is 2. The number of ether oxygens (including phenoxy) is 1. The summed E-state index contributed by atoms with van der Waals surface area (Å²) in [5.41, 5.74) is 8.77. The highest BCUT2D eigenvalue weighted by molar-refractivity contribution is 5.69. The summed E-state index contributed by atoms with van der Waals surface area (Å²) < 4.78 is 36.8. The second kappa shape index (κ2) is 7.24. The minimum absolute atomic E-state index is 0.0529. The molecule has 3 heterocycles. The number of fused-ring (bicyclic) bond motifs is 3. The Labute approximate surface area is 162 Å². The Bertz CT molecular complexity index is 810. The van der Waals surface area contributed by atoms with E-state index in [-0.39, 0.29) is 50.1 Å². The van der Waals surface area contributed by atoms with Crippen molar-refractivity contribution < 1.29 is 18.3 Å². The van der Waals surface area contributed by atoms with Crippen LogP contribution in [-0.4, -0.2) is 39.0 Å². The van der Waals surface area contributed by atoms with Crippen LogP contribution in [0.25, 0.3) is 10.4 Å². The van der Waals surface area contributed by atoms with Crippen LogP contribution in [0.1, 0.15) is 57.5 Å². The van der Waals surface area contributed by atoms with Crippen LogP contribution in [0.2, 0.25) is 0 Å². The van der Waals surface area contributed by atoms with Gasteiger partial charge in [-0.25, -0.2) is 4.79 Å². The number of amides is 1. The molecule has 0 radical (unpaired) electrons. The lowest BCUT2D eigenvalue weighted by Gasteiger charge is -2.35. The predicted molar refractivity (Wildman–Crippen MR) is 97.8 cm³/mol. The monoisotopic (exact) mass is 396 g/mol. The van der Waals surface area contributed by atoms with Crippen molar-refractivity contribution in [3.63, 3.8) is 0 Å². The highest BCUT2D eigenvalue weighted by Crippen LogP contribution is 2.42. The largest absolute Gasteiger partial charge is 0.444 e. The Morgan fingerprint density at radius 1 is 1.46 bits per heavy atom. The minimum atomic E-state index is -3.05. The third kappa shape index (κ3) is 4.06. The lowest BCUT2D eigenvalue weighted by atomic mass is 9.95. The summed E-state index contributed by atoms with van der Waals surface area (Å²) in [6.45, 7) is 7.67. The summed E-state index contributed by atoms with van der Waals surface area (Å²) in [5.74, 6) is -3.24. The van der Waals surface area contributed by atoms with Crippen molar-refractivity contribution in [2.75, 3.05) is 6.54 Å². The number of aromatic nitrogens is 2. The number of hydrogen-bond donors (Lipinski definition) is 0. The zero-order valence-electron chi connectivity index (χ0n) is 16.7. The second-order valence-corrected chi connectivity index (χ2v) is 8.64. The molecule has 10 heteroatoms. The van der Waals surface area contributed by atoms with Crippen molar-refractivity contribution in [2.24, 2.45) is 11.0 Å². The smallest absolute Gasteiger partial charge is 0.410 e. The Morgan fingerprint density at radius 3 is 2.82 bits per heavy atom. The average Bonchev–Trinajstić information content (AvgIpc) is 2.86. The molecule has 2 aliphatic heterocycles. The lowest BCUT2D eigenvalue weighted by Crippen LogP contribution is -2.45. The summed E-state index contributed by atoms with van der Waals surface area (Å²) in [6.07, 6.45) is -0.204. The van der Waals surface area contributed by atoms with Crippen molar-refractivity contribution >= 4 is 6.09 Å². The first-order chi connectivity index (χ1) is 13.0. The normalized spacial score (nSPS) is 23.9. The molecule has 28 heavy (non-hydrogen) atoms. The molecule has 3 rings (SSSR count). The molecule has 1 aromatic rings. The van der Waals surface area contributed by atoms with Gasteiger partial charge in [0.25, 0.3) is 5.92 Å². The quantitative estimate of drug-likeness (QED) is 0.422. The van der Waals surface area contributed by atoms with E-state index in [2.05, 4.69) is 15.1 Å². The van der Waals surface area contributed by atoms with E-state index < -0.39 is 17.6 Å². The molecular weight excluding hydrogens is 370 g/mol. The van der Waals surface area contributed by atoms with Gasteiger partial charge < -0.3 is 9.64 Å². The van der Waals surface area contributed by atoms with Gasteiger partial charge in [-0.15, -0.1) is 0 Å². The first-order valence-corrected chi connectivity index (χ1v) is 9.49. The van der Waals surface area contributed by atoms with Gasteiger partial charge in [0.1, 0.15) is 11.3 Å². The fourth-order valence-corrected chi connectivity index (χ4v) is 3.84. The topological polar surface area (TPSA) is 96.1 Å². The predicted octanol–water partition coefficient (Wildman–Crippen LogP) is 4.38. The van der Waals surface area contributed by atoms with Gasteiger partial charge in [-0.1, -0.05) is 5.11 Å². The highest BCUT2D eigenvalue weighted by atomic mass is 19.3. The molecule has 0 saturated heterocycles. The molecule has 0 N–H and O–H groups in total. The molecule has 8 nitrogen and oxygen atoms in total. The van der Waals surface area contributed by atoms with Crippen LogP contribution in [0.3, 0.4) is 0 Å². The van der Waals surface area contributed by atoms with Gasteiger partial charge in [-0.05, 0) is 45.6 Å². The van der Waals surface area contributed by atoms with Gasteiger partial charge >= 0.3 is 6.09 Å². The van der Waals surface area contributed by atoms with E-state index >= 15 is 0 Å². The number of halogens is 2. The number of carbonyl (C=O) groups is 1. The molecule has 0 aromatic carbocycles. The van der Waals surface area contributed by atoms with Crippen molar-refractivity contribution in [3.8, 4) is 0 Å². The number of rotatable bonds is 2. The number of carbonyl (C=O) groups excluding carboxylic acids is 1. The molecule has 0 saturated carbocycles. The van der Waals surface area contributed by atoms with E-state index in [1.54, 1.807) is 20.8 Å². The maximum atomic E-state index is 15.0. The van der Waals surface area contributed by atoms with E-state index in [4.69, 9.17) is 10.3 Å². The number of hydrogen-bond acceptors (Lipinski definition) is 4. The van der Waals surface area contributed by atoms with Crippen LogP contribution in [0.4, 0.5) is 13.6 Å². The van der Waals surface area contributed by atoms with Gasteiger partial charge in [-0.2, -0.15) is 13.9 Å². The summed E-state index contributed by atoms with van der Waals surface area (Å²) in [4.78, 5) is 16.8. The molecule has 2 aliphatic rings. The summed E-state index contributed by atoms with van der Waals surface area (Å²) in [5, 5.41) is 7.99. The Hall–Kier alpha value is -2.35. The van der Waals surface area contributed by atoms with Crippen molar-refractivity contribution in [3.05, 3.63) is 27.4 Å². The van der Waals surface area contributed by atoms with Crippen LogP contribution >= 0.6 is 0 Å². The first kappa shape index (κ1) is 20.4. The summed E-state index contributed by atoms with van der Waals surface area (Å²) in [6, 6.07) is -0.200. The second-order valence-electron chi connectivity index (χ2n) is 8.64. The van der Waals surface area contributed by atoms with E-state index in [0.717, 1.165) is 0 Å². The van der Waals surface area contributed by atoms with E-state index in [1.165, 1.54) is 9.58 Å². The van der Waals surface area contributed by atoms with Crippen molar-refractivity contribution in [1.82, 2.24) is 14.7 Å². The Kier molecular flexibility index (Phi) is 5.27. The number of azide groups is 1. The molecular formula is C18H26F2N6O2. The van der Waals surface area contributed by atoms with Crippen LogP contribution in [-0.2, 0) is 30.2 Å². The minimum Gasteiger partial charge on any atom is -0.444 e. The molecule has 0 aliphatic carbocycles. The number of nitrogens with zero attached hydrogens (tertiary/aromatic N) is 6. The molecule has 0 spiro atoms. The highest BCUT2D eigenvalue weighted by Gasteiger charge is 2.45. The lowest BCUT2D eigenvalue weighted by molar-refractivity contribution is -0.0229. The van der Waals surface area contributed by atoms with Crippen LogP contribution < -0.4 is 0 Å². The zero-order valence-corrected chi connectivity index (χ0v) is 16.7. The maximum Gasteiger partial charge on any atom is 0.410 e. The average molecular weight is 396 g/mol. The van der Waals surface area contributed by atoms with Crippen LogP contribution in [0.5, 0.6) is 0 Å². The Morgan fingerprint density at radius 2 is 2.18 bits per heavy atom. The SMILES string of the molecule is C[C@@H]1Cc2nn3c(c2CN1C(=O)OC(C)(C)C)C(F)(F)CCC(CN=[N+]=[N-])C3. The van der Waals surface area contributed by atoms with Gasteiger partial charge in [0, 0.05) is 42.4 Å². The first-order valence-electron chi connectivity index (χ1n) is 9.49. The molecule has 1 amide bonds. The molecule has 2 atom stereocenters. The summed E-state index contributed by atoms with van der Waals surface area (Å²) >= 11 is 0. The molecule has 1 unspecified atom stereocenters. The van der Waals surface area contributed by atoms with E-state index in [9.17, 15) is 13.6 Å². The van der Waals surface area contributed by atoms with Crippen LogP contribution in [0, 0.1) is 5.92 Å². The fourth-order valence-electron chi connectivity index (χ4n) is 3.84. The molecule has 0 fully saturated rings. The molecule has 1 aromatic heterocycles. The van der Waals surface area contributed by atoms with Gasteiger partial charge in [0.05, 0.1) is 12.2 Å². The third-order valence-electron chi connectivity index (χ3n) is 5.16. The standard InChI is InChI=1S/C18H26F2N6O2/c1-11-7-14-13(10-25(11)16(27)28-17(2,3)4)15-18(19,20)6-5-12(8-22-24-21)9-26(15)23-14/h11-12H,5-10H2,1-4H3/t11-,12?/m1/s1. The molecule has 0 bridgehead atoms. The zero-order chi connectivity index (χ0) is 20.7. The van der Waals surface area contributed by atoms with Crippen molar-refractivity contribution in [2.45, 2.75) is 77.6 Å². The van der Waals surface area contributed by atoms with Gasteiger partial charge in [-0.3, -0.25) is 4.68 Å².